The average Bonchev–Trinajstić information content (AvgIpc) is 2.76. The molecule has 3 rings (SSSR count). The van der Waals surface area contributed by atoms with E-state index in [0.29, 0.717) is 19.8 Å². The molecule has 0 saturated carbocycles. The summed E-state index contributed by atoms with van der Waals surface area (Å²) in [5.74, 6) is 1.55. The molecule has 2 aromatic carbocycles. The Bertz CT molecular complexity index is 750. The molecule has 1 atom stereocenters. The van der Waals surface area contributed by atoms with E-state index in [2.05, 4.69) is 15.9 Å². The first-order valence-corrected chi connectivity index (χ1v) is 10.8. The smallest absolute Gasteiger partial charge is 0.161 e. The van der Waals surface area contributed by atoms with Crippen LogP contribution in [0.15, 0.2) is 48.5 Å². The van der Waals surface area contributed by atoms with E-state index in [1.54, 1.807) is 0 Å². The minimum Gasteiger partial charge on any atom is -0.490 e. The minimum atomic E-state index is -0.509. The Labute approximate surface area is 180 Å². The number of aliphatic hydroxyl groups excluding tert-OH is 1. The Hall–Kier alpha value is -2.12. The molecule has 1 aliphatic rings. The van der Waals surface area contributed by atoms with E-state index in [1.165, 1.54) is 0 Å². The van der Waals surface area contributed by atoms with Crippen LogP contribution in [-0.2, 0) is 11.3 Å². The van der Waals surface area contributed by atoms with Crippen LogP contribution >= 0.6 is 0 Å². The number of nitrogens with zero attached hydrogens (tertiary/aromatic N) is 2. The molecular weight excluding hydrogens is 380 g/mol. The van der Waals surface area contributed by atoms with E-state index >= 15 is 0 Å². The quantitative estimate of drug-likeness (QED) is 0.610. The number of likely N-dealkylation sites (N-methyl/N-ethyl adjacent to an activating group) is 1. The van der Waals surface area contributed by atoms with Gasteiger partial charge in [0.05, 0.1) is 25.9 Å². The van der Waals surface area contributed by atoms with Crippen molar-refractivity contribution in [3.63, 3.8) is 0 Å². The van der Waals surface area contributed by atoms with E-state index in [0.717, 1.165) is 62.0 Å². The molecule has 0 amide bonds. The Morgan fingerprint density at radius 2 is 1.83 bits per heavy atom. The van der Waals surface area contributed by atoms with Crippen LogP contribution in [0.4, 0.5) is 0 Å². The highest BCUT2D eigenvalue weighted by Crippen LogP contribution is 2.29. The van der Waals surface area contributed by atoms with Crippen molar-refractivity contribution in [3.8, 4) is 11.5 Å². The first-order chi connectivity index (χ1) is 14.7. The number of benzene rings is 2. The van der Waals surface area contributed by atoms with Gasteiger partial charge in [-0.15, -0.1) is 0 Å². The van der Waals surface area contributed by atoms with Gasteiger partial charge in [-0.3, -0.25) is 9.80 Å². The molecular formula is C24H34N2O4. The van der Waals surface area contributed by atoms with Crippen LogP contribution in [0, 0.1) is 0 Å². The normalized spacial score (nSPS) is 15.9. The topological polar surface area (TPSA) is 54.4 Å². The fraction of sp³-hybridized carbons (Fsp3) is 0.500. The molecule has 30 heavy (non-hydrogen) atoms. The molecule has 1 fully saturated rings. The van der Waals surface area contributed by atoms with Crippen molar-refractivity contribution >= 4 is 0 Å². The highest BCUT2D eigenvalue weighted by Gasteiger charge is 2.14. The van der Waals surface area contributed by atoms with E-state index in [1.807, 2.05) is 56.4 Å². The number of ether oxygens (including phenoxy) is 3. The lowest BCUT2D eigenvalue weighted by Gasteiger charge is -2.26. The van der Waals surface area contributed by atoms with E-state index in [-0.39, 0.29) is 0 Å². The van der Waals surface area contributed by atoms with E-state index in [9.17, 15) is 5.11 Å². The van der Waals surface area contributed by atoms with Gasteiger partial charge in [0.1, 0.15) is 6.61 Å². The predicted molar refractivity (Wildman–Crippen MR) is 118 cm³/mol. The third kappa shape index (κ3) is 6.99. The van der Waals surface area contributed by atoms with Crippen molar-refractivity contribution in [1.82, 2.24) is 9.80 Å². The monoisotopic (exact) mass is 414 g/mol. The summed E-state index contributed by atoms with van der Waals surface area (Å²) in [6, 6.07) is 15.9. The van der Waals surface area contributed by atoms with Crippen molar-refractivity contribution in [2.75, 3.05) is 59.7 Å². The Kier molecular flexibility index (Phi) is 8.96. The second-order valence-electron chi connectivity index (χ2n) is 7.64. The summed E-state index contributed by atoms with van der Waals surface area (Å²) in [5, 5.41) is 10.5. The Morgan fingerprint density at radius 1 is 1.07 bits per heavy atom. The van der Waals surface area contributed by atoms with Gasteiger partial charge in [-0.05, 0) is 37.2 Å². The third-order valence-corrected chi connectivity index (χ3v) is 5.20. The second-order valence-corrected chi connectivity index (χ2v) is 7.64. The Morgan fingerprint density at radius 3 is 2.57 bits per heavy atom. The largest absolute Gasteiger partial charge is 0.490 e. The lowest BCUT2D eigenvalue weighted by Crippen LogP contribution is -2.38. The standard InChI is InChI=1S/C24H34N2O4/c1-3-29-24-17-20(18-25(2)19-22(27)21-7-5-4-6-8-21)9-10-23(24)30-16-13-26-11-14-28-15-12-26/h4-10,17,22,27H,3,11-16,18-19H2,1-2H3/t22-/m0/s1. The third-order valence-electron chi connectivity index (χ3n) is 5.20. The zero-order chi connectivity index (χ0) is 21.2. The molecule has 1 N–H and O–H groups in total. The molecule has 0 radical (unpaired) electrons. The summed E-state index contributed by atoms with van der Waals surface area (Å²) in [6.45, 7) is 8.88. The van der Waals surface area contributed by atoms with Crippen LogP contribution in [-0.4, -0.2) is 74.6 Å². The Balaban J connectivity index is 1.54. The molecule has 0 bridgehead atoms. The first kappa shape index (κ1) is 22.6. The van der Waals surface area contributed by atoms with Gasteiger partial charge in [-0.1, -0.05) is 36.4 Å². The van der Waals surface area contributed by atoms with Gasteiger partial charge in [0, 0.05) is 32.7 Å². The molecule has 0 unspecified atom stereocenters. The van der Waals surface area contributed by atoms with Crippen LogP contribution < -0.4 is 9.47 Å². The zero-order valence-electron chi connectivity index (χ0n) is 18.1. The van der Waals surface area contributed by atoms with Gasteiger partial charge < -0.3 is 19.3 Å². The van der Waals surface area contributed by atoms with E-state index in [4.69, 9.17) is 14.2 Å². The highest BCUT2D eigenvalue weighted by atomic mass is 16.5. The number of hydrogen-bond donors (Lipinski definition) is 1. The van der Waals surface area contributed by atoms with Crippen LogP contribution in [0.25, 0.3) is 0 Å². The summed E-state index contributed by atoms with van der Waals surface area (Å²) in [5.41, 5.74) is 2.06. The molecule has 6 nitrogen and oxygen atoms in total. The molecule has 2 aromatic rings. The number of morpholine rings is 1. The maximum atomic E-state index is 10.5. The van der Waals surface area contributed by atoms with E-state index < -0.39 is 6.10 Å². The number of rotatable bonds is 11. The minimum absolute atomic E-state index is 0.509. The highest BCUT2D eigenvalue weighted by molar-refractivity contribution is 5.43. The molecule has 6 heteroatoms. The molecule has 0 aromatic heterocycles. The fourth-order valence-electron chi connectivity index (χ4n) is 3.60. The first-order valence-electron chi connectivity index (χ1n) is 10.8. The molecule has 0 aliphatic carbocycles. The molecule has 0 spiro atoms. The maximum absolute atomic E-state index is 10.5. The van der Waals surface area contributed by atoms with Crippen molar-refractivity contribution < 1.29 is 19.3 Å². The lowest BCUT2D eigenvalue weighted by atomic mass is 10.1. The predicted octanol–water partition coefficient (Wildman–Crippen LogP) is 2.96. The van der Waals surface area contributed by atoms with Gasteiger partial charge >= 0.3 is 0 Å². The summed E-state index contributed by atoms with van der Waals surface area (Å²) in [4.78, 5) is 4.47. The molecule has 1 saturated heterocycles. The van der Waals surface area contributed by atoms with Gasteiger partial charge in [0.25, 0.3) is 0 Å². The lowest BCUT2D eigenvalue weighted by molar-refractivity contribution is 0.0321. The van der Waals surface area contributed by atoms with Crippen molar-refractivity contribution in [2.24, 2.45) is 0 Å². The van der Waals surface area contributed by atoms with Gasteiger partial charge in [-0.2, -0.15) is 0 Å². The second kappa shape index (κ2) is 11.9. The van der Waals surface area contributed by atoms with Crippen molar-refractivity contribution in [2.45, 2.75) is 19.6 Å². The fourth-order valence-corrected chi connectivity index (χ4v) is 3.60. The number of hydrogen-bond acceptors (Lipinski definition) is 6. The summed E-state index contributed by atoms with van der Waals surface area (Å²) in [6.07, 6.45) is -0.509. The maximum Gasteiger partial charge on any atom is 0.161 e. The zero-order valence-corrected chi connectivity index (χ0v) is 18.1. The van der Waals surface area contributed by atoms with Crippen LogP contribution in [0.3, 0.4) is 0 Å². The molecule has 1 heterocycles. The molecule has 164 valence electrons. The van der Waals surface area contributed by atoms with Gasteiger partial charge in [0.15, 0.2) is 11.5 Å². The average molecular weight is 415 g/mol. The van der Waals surface area contributed by atoms with Crippen LogP contribution in [0.2, 0.25) is 0 Å². The summed E-state index contributed by atoms with van der Waals surface area (Å²) >= 11 is 0. The summed E-state index contributed by atoms with van der Waals surface area (Å²) < 4.78 is 17.2. The van der Waals surface area contributed by atoms with Crippen LogP contribution in [0.1, 0.15) is 24.2 Å². The summed E-state index contributed by atoms with van der Waals surface area (Å²) in [7, 11) is 2.01. The van der Waals surface area contributed by atoms with Crippen molar-refractivity contribution in [3.05, 3.63) is 59.7 Å². The van der Waals surface area contributed by atoms with Crippen molar-refractivity contribution in [1.29, 1.82) is 0 Å². The van der Waals surface area contributed by atoms with Crippen LogP contribution in [0.5, 0.6) is 11.5 Å². The molecule has 1 aliphatic heterocycles. The van der Waals surface area contributed by atoms with Gasteiger partial charge in [0.2, 0.25) is 0 Å². The SMILES string of the molecule is CCOc1cc(CN(C)C[C@H](O)c2ccccc2)ccc1OCCN1CCOCC1. The number of aliphatic hydroxyl groups is 1. The van der Waals surface area contributed by atoms with Gasteiger partial charge in [-0.25, -0.2) is 0 Å².